The zero-order valence-electron chi connectivity index (χ0n) is 9.09. The lowest BCUT2D eigenvalue weighted by Gasteiger charge is -1.96. The second-order valence-corrected chi connectivity index (χ2v) is 4.93. The average molecular weight is 193 g/mol. The topological polar surface area (TPSA) is 0 Å². The highest BCUT2D eigenvalue weighted by Crippen LogP contribution is 1.96. The van der Waals surface area contributed by atoms with E-state index in [0.717, 1.165) is 19.3 Å². The van der Waals surface area contributed by atoms with E-state index in [-0.39, 0.29) is 0 Å². The fourth-order valence-electron chi connectivity index (χ4n) is 0.928. The van der Waals surface area contributed by atoms with Gasteiger partial charge in [0.15, 0.2) is 0 Å². The van der Waals surface area contributed by atoms with Gasteiger partial charge in [0, 0.05) is 0 Å². The molecule has 0 spiro atoms. The lowest BCUT2D eigenvalue weighted by molar-refractivity contribution is 1.22. The molecule has 0 aromatic rings. The Hall–Kier alpha value is -0.563. The monoisotopic (exact) mass is 193 g/mol. The SMILES string of the molecule is CCC=C[Si](C=CCC)C=CCC. The minimum atomic E-state index is -0.474. The molecule has 0 aliphatic rings. The van der Waals surface area contributed by atoms with Crippen LogP contribution in [-0.4, -0.2) is 8.80 Å². The van der Waals surface area contributed by atoms with Gasteiger partial charge in [0.1, 0.15) is 8.80 Å². The van der Waals surface area contributed by atoms with Gasteiger partial charge in [-0.25, -0.2) is 0 Å². The molecular formula is C12H21Si. The van der Waals surface area contributed by atoms with Crippen molar-refractivity contribution in [2.45, 2.75) is 40.0 Å². The Bertz CT molecular complexity index is 144. The summed E-state index contributed by atoms with van der Waals surface area (Å²) in [6.07, 6.45) is 10.3. The number of allylic oxidation sites excluding steroid dienone is 3. The number of rotatable bonds is 6. The summed E-state index contributed by atoms with van der Waals surface area (Å²) in [5, 5.41) is 0. The molecule has 0 fully saturated rings. The molecule has 13 heavy (non-hydrogen) atoms. The van der Waals surface area contributed by atoms with Crippen LogP contribution in [0.25, 0.3) is 0 Å². The van der Waals surface area contributed by atoms with E-state index >= 15 is 0 Å². The van der Waals surface area contributed by atoms with Crippen molar-refractivity contribution in [1.29, 1.82) is 0 Å². The number of hydrogen-bond donors (Lipinski definition) is 0. The van der Waals surface area contributed by atoms with Gasteiger partial charge in [0.05, 0.1) is 0 Å². The Balaban J connectivity index is 4.10. The zero-order valence-corrected chi connectivity index (χ0v) is 10.1. The normalized spacial score (nSPS) is 12.9. The molecule has 0 rings (SSSR count). The van der Waals surface area contributed by atoms with Crippen LogP contribution in [0, 0.1) is 0 Å². The molecule has 0 bridgehead atoms. The summed E-state index contributed by atoms with van der Waals surface area (Å²) in [7, 11) is -0.474. The summed E-state index contributed by atoms with van der Waals surface area (Å²) in [5.74, 6) is 0. The maximum atomic E-state index is 2.36. The van der Waals surface area contributed by atoms with Crippen LogP contribution in [0.15, 0.2) is 35.3 Å². The van der Waals surface area contributed by atoms with Crippen molar-refractivity contribution in [2.24, 2.45) is 0 Å². The third kappa shape index (κ3) is 7.79. The van der Waals surface area contributed by atoms with Crippen molar-refractivity contribution in [2.75, 3.05) is 0 Å². The first-order chi connectivity index (χ1) is 6.35. The van der Waals surface area contributed by atoms with E-state index in [4.69, 9.17) is 0 Å². The molecule has 0 aliphatic heterocycles. The lowest BCUT2D eigenvalue weighted by Crippen LogP contribution is -2.01. The van der Waals surface area contributed by atoms with Gasteiger partial charge < -0.3 is 0 Å². The average Bonchev–Trinajstić information content (AvgIpc) is 2.17. The van der Waals surface area contributed by atoms with Crippen LogP contribution in [-0.2, 0) is 0 Å². The quantitative estimate of drug-likeness (QED) is 0.559. The van der Waals surface area contributed by atoms with Gasteiger partial charge in [-0.2, -0.15) is 0 Å². The maximum Gasteiger partial charge on any atom is 0.130 e. The summed E-state index contributed by atoms with van der Waals surface area (Å²) in [4.78, 5) is 0. The lowest BCUT2D eigenvalue weighted by atomic mass is 10.5. The van der Waals surface area contributed by atoms with E-state index in [1.165, 1.54) is 0 Å². The van der Waals surface area contributed by atoms with Crippen LogP contribution in [0.4, 0.5) is 0 Å². The molecule has 0 nitrogen and oxygen atoms in total. The van der Waals surface area contributed by atoms with Crippen molar-refractivity contribution in [3.05, 3.63) is 35.3 Å². The van der Waals surface area contributed by atoms with Crippen LogP contribution in [0.3, 0.4) is 0 Å². The summed E-state index contributed by atoms with van der Waals surface area (Å²) in [6.45, 7) is 6.55. The van der Waals surface area contributed by atoms with Gasteiger partial charge >= 0.3 is 0 Å². The van der Waals surface area contributed by atoms with E-state index in [9.17, 15) is 0 Å². The minimum Gasteiger partial charge on any atom is -0.0922 e. The third-order valence-electron chi connectivity index (χ3n) is 1.64. The van der Waals surface area contributed by atoms with Gasteiger partial charge in [-0.1, -0.05) is 56.1 Å². The van der Waals surface area contributed by atoms with E-state index in [1.54, 1.807) is 0 Å². The fraction of sp³-hybridized carbons (Fsp3) is 0.500. The second kappa shape index (κ2) is 9.52. The van der Waals surface area contributed by atoms with Crippen molar-refractivity contribution in [1.82, 2.24) is 0 Å². The van der Waals surface area contributed by atoms with Crippen molar-refractivity contribution in [3.8, 4) is 0 Å². The third-order valence-corrected chi connectivity index (χ3v) is 3.50. The smallest absolute Gasteiger partial charge is 0.0922 e. The van der Waals surface area contributed by atoms with Crippen molar-refractivity contribution < 1.29 is 0 Å². The molecule has 0 aromatic heterocycles. The zero-order chi connectivity index (χ0) is 9.94. The van der Waals surface area contributed by atoms with Gasteiger partial charge in [-0.15, -0.1) is 0 Å². The predicted molar refractivity (Wildman–Crippen MR) is 64.0 cm³/mol. The van der Waals surface area contributed by atoms with E-state index in [1.807, 2.05) is 0 Å². The van der Waals surface area contributed by atoms with E-state index in [2.05, 4.69) is 56.1 Å². The van der Waals surface area contributed by atoms with Gasteiger partial charge in [0.25, 0.3) is 0 Å². The largest absolute Gasteiger partial charge is 0.130 e. The fourth-order valence-corrected chi connectivity index (χ4v) is 2.79. The predicted octanol–water partition coefficient (Wildman–Crippen LogP) is 4.00. The van der Waals surface area contributed by atoms with Crippen LogP contribution in [0.1, 0.15) is 40.0 Å². The highest BCUT2D eigenvalue weighted by atomic mass is 28.3. The molecule has 73 valence electrons. The van der Waals surface area contributed by atoms with Crippen LogP contribution in [0.5, 0.6) is 0 Å². The maximum absolute atomic E-state index is 2.36. The Morgan fingerprint density at radius 3 is 1.23 bits per heavy atom. The van der Waals surface area contributed by atoms with Crippen LogP contribution in [0.2, 0.25) is 0 Å². The highest BCUT2D eigenvalue weighted by Gasteiger charge is 1.94. The summed E-state index contributed by atoms with van der Waals surface area (Å²) in [5.41, 5.74) is 7.09. The first-order valence-electron chi connectivity index (χ1n) is 5.21. The molecule has 0 aromatic carbocycles. The molecule has 0 aliphatic carbocycles. The summed E-state index contributed by atoms with van der Waals surface area (Å²) in [6, 6.07) is 0. The van der Waals surface area contributed by atoms with Crippen molar-refractivity contribution in [3.63, 3.8) is 0 Å². The molecule has 0 saturated carbocycles. The van der Waals surface area contributed by atoms with Crippen LogP contribution >= 0.6 is 0 Å². The number of hydrogen-bond acceptors (Lipinski definition) is 0. The second-order valence-electron chi connectivity index (χ2n) is 2.93. The Morgan fingerprint density at radius 2 is 1.00 bits per heavy atom. The standard InChI is InChI=1S/C12H21Si/c1-4-7-10-13(11-8-5-2)12-9-6-3/h7-12H,4-6H2,1-3H3. The molecule has 0 heterocycles. The van der Waals surface area contributed by atoms with Gasteiger partial charge in [-0.3, -0.25) is 0 Å². The van der Waals surface area contributed by atoms with E-state index in [0.29, 0.717) is 0 Å². The molecule has 0 saturated heterocycles. The molecule has 0 amide bonds. The molecule has 1 heteroatoms. The Kier molecular flexibility index (Phi) is 9.11. The first kappa shape index (κ1) is 12.4. The first-order valence-corrected chi connectivity index (χ1v) is 6.94. The molecule has 0 unspecified atom stereocenters. The molecule has 0 N–H and O–H groups in total. The molecule has 1 radical (unpaired) electrons. The van der Waals surface area contributed by atoms with Crippen molar-refractivity contribution >= 4 is 8.80 Å². The Labute approximate surface area is 84.7 Å². The molecular weight excluding hydrogens is 172 g/mol. The van der Waals surface area contributed by atoms with Gasteiger partial charge in [0.2, 0.25) is 0 Å². The minimum absolute atomic E-state index is 0.474. The van der Waals surface area contributed by atoms with Crippen LogP contribution < -0.4 is 0 Å². The summed E-state index contributed by atoms with van der Waals surface area (Å²) < 4.78 is 0. The molecule has 0 atom stereocenters. The van der Waals surface area contributed by atoms with E-state index < -0.39 is 8.80 Å². The summed E-state index contributed by atoms with van der Waals surface area (Å²) >= 11 is 0. The van der Waals surface area contributed by atoms with Gasteiger partial charge in [-0.05, 0) is 19.3 Å². The highest BCUT2D eigenvalue weighted by molar-refractivity contribution is 6.74. The Morgan fingerprint density at radius 1 is 0.692 bits per heavy atom.